The molecule has 0 aromatic carbocycles. The van der Waals surface area contributed by atoms with Gasteiger partial charge in [0.15, 0.2) is 5.78 Å². The summed E-state index contributed by atoms with van der Waals surface area (Å²) in [6.45, 7) is 8.32. The number of ketones is 1. The molecule has 1 N–H and O–H groups in total. The quantitative estimate of drug-likeness (QED) is 0.531. The second-order valence-corrected chi connectivity index (χ2v) is 6.36. The number of aliphatic hydroxyl groups excluding tert-OH is 1. The molecule has 110 valence electrons. The van der Waals surface area contributed by atoms with E-state index in [0.29, 0.717) is 5.76 Å². The highest BCUT2D eigenvalue weighted by molar-refractivity contribution is 5.95. The van der Waals surface area contributed by atoms with Crippen molar-refractivity contribution in [3.63, 3.8) is 0 Å². The summed E-state index contributed by atoms with van der Waals surface area (Å²) in [6.07, 6.45) is 9.63. The first-order valence-electron chi connectivity index (χ1n) is 7.89. The van der Waals surface area contributed by atoms with Crippen molar-refractivity contribution >= 4 is 5.78 Å². The van der Waals surface area contributed by atoms with Gasteiger partial charge >= 0.3 is 0 Å². The third-order valence-corrected chi connectivity index (χ3v) is 5.39. The van der Waals surface area contributed by atoms with Crippen molar-refractivity contribution in [2.24, 2.45) is 10.8 Å². The molecule has 1 fully saturated rings. The van der Waals surface area contributed by atoms with Crippen molar-refractivity contribution in [1.29, 1.82) is 0 Å². The van der Waals surface area contributed by atoms with E-state index in [1.54, 1.807) is 6.08 Å². The van der Waals surface area contributed by atoms with Crippen LogP contribution in [-0.2, 0) is 4.79 Å². The molecule has 0 unspecified atom stereocenters. The molecule has 0 bridgehead atoms. The lowest BCUT2D eigenvalue weighted by molar-refractivity contribution is -0.124. The molecule has 19 heavy (non-hydrogen) atoms. The molecule has 0 spiro atoms. The lowest BCUT2D eigenvalue weighted by Crippen LogP contribution is -2.30. The standard InChI is InChI=1S/C17H30O2/c1-5-17(6-2,7-3)15(19)13-14(18)16(4)11-9-8-10-12-16/h13,19H,5-12H2,1-4H3. The molecular formula is C17H30O2. The average Bonchev–Trinajstić information content (AvgIpc) is 2.42. The van der Waals surface area contributed by atoms with E-state index in [1.807, 2.05) is 0 Å². The van der Waals surface area contributed by atoms with E-state index in [1.165, 1.54) is 6.42 Å². The van der Waals surface area contributed by atoms with Crippen LogP contribution < -0.4 is 0 Å². The van der Waals surface area contributed by atoms with Crippen LogP contribution in [0.4, 0.5) is 0 Å². The second-order valence-electron chi connectivity index (χ2n) is 6.36. The summed E-state index contributed by atoms with van der Waals surface area (Å²) < 4.78 is 0. The molecule has 0 saturated heterocycles. The van der Waals surface area contributed by atoms with E-state index >= 15 is 0 Å². The van der Waals surface area contributed by atoms with Gasteiger partial charge in [-0.05, 0) is 32.1 Å². The number of carbonyl (C=O) groups is 1. The van der Waals surface area contributed by atoms with Gasteiger partial charge in [0.2, 0.25) is 0 Å². The molecule has 0 aromatic heterocycles. The molecule has 0 atom stereocenters. The first-order valence-corrected chi connectivity index (χ1v) is 7.89. The maximum Gasteiger partial charge on any atom is 0.164 e. The normalized spacial score (nSPS) is 20.3. The molecule has 0 amide bonds. The van der Waals surface area contributed by atoms with Gasteiger partial charge in [-0.2, -0.15) is 0 Å². The third kappa shape index (κ3) is 3.40. The maximum absolute atomic E-state index is 12.5. The van der Waals surface area contributed by atoms with Gasteiger partial charge in [-0.1, -0.05) is 47.0 Å². The number of rotatable bonds is 6. The van der Waals surface area contributed by atoms with E-state index in [0.717, 1.165) is 44.9 Å². The van der Waals surface area contributed by atoms with Gasteiger partial charge in [0.05, 0.1) is 0 Å². The second kappa shape index (κ2) is 6.58. The largest absolute Gasteiger partial charge is 0.512 e. The van der Waals surface area contributed by atoms with Crippen molar-refractivity contribution in [1.82, 2.24) is 0 Å². The number of hydrogen-bond donors (Lipinski definition) is 1. The Morgan fingerprint density at radius 3 is 2.00 bits per heavy atom. The Morgan fingerprint density at radius 1 is 1.11 bits per heavy atom. The van der Waals surface area contributed by atoms with Crippen molar-refractivity contribution in [2.45, 2.75) is 79.1 Å². The van der Waals surface area contributed by atoms with Crippen LogP contribution in [0.25, 0.3) is 0 Å². The molecule has 1 saturated carbocycles. The molecule has 2 nitrogen and oxygen atoms in total. The van der Waals surface area contributed by atoms with Gasteiger partial charge in [0, 0.05) is 16.9 Å². The SMILES string of the molecule is CCC(CC)(CC)C(O)=CC(=O)C1(C)CCCCC1. The molecule has 2 heteroatoms. The third-order valence-electron chi connectivity index (χ3n) is 5.39. The van der Waals surface area contributed by atoms with Crippen molar-refractivity contribution < 1.29 is 9.90 Å². The Kier molecular flexibility index (Phi) is 5.64. The molecule has 0 radical (unpaired) electrons. The lowest BCUT2D eigenvalue weighted by atomic mass is 9.71. The smallest absolute Gasteiger partial charge is 0.164 e. The van der Waals surface area contributed by atoms with Crippen LogP contribution in [-0.4, -0.2) is 10.9 Å². The van der Waals surface area contributed by atoms with Crippen LogP contribution in [0.1, 0.15) is 79.1 Å². The Morgan fingerprint density at radius 2 is 1.58 bits per heavy atom. The molecule has 0 aromatic rings. The first-order chi connectivity index (χ1) is 8.94. The Bertz CT molecular complexity index is 323. The van der Waals surface area contributed by atoms with Crippen LogP contribution in [0.5, 0.6) is 0 Å². The molecule has 1 rings (SSSR count). The molecule has 0 heterocycles. The minimum Gasteiger partial charge on any atom is -0.512 e. The van der Waals surface area contributed by atoms with Crippen molar-refractivity contribution in [3.05, 3.63) is 11.8 Å². The number of hydrogen-bond acceptors (Lipinski definition) is 2. The summed E-state index contributed by atoms with van der Waals surface area (Å²) in [5, 5.41) is 10.4. The number of aliphatic hydroxyl groups is 1. The van der Waals surface area contributed by atoms with Gasteiger partial charge in [-0.25, -0.2) is 0 Å². The van der Waals surface area contributed by atoms with E-state index in [4.69, 9.17) is 0 Å². The highest BCUT2D eigenvalue weighted by atomic mass is 16.3. The highest BCUT2D eigenvalue weighted by Crippen LogP contribution is 2.40. The van der Waals surface area contributed by atoms with E-state index in [-0.39, 0.29) is 16.6 Å². The lowest BCUT2D eigenvalue weighted by Gasteiger charge is -2.33. The zero-order chi connectivity index (χ0) is 14.5. The summed E-state index contributed by atoms with van der Waals surface area (Å²) in [7, 11) is 0. The Balaban J connectivity index is 2.90. The molecule has 0 aliphatic heterocycles. The molecule has 1 aliphatic rings. The van der Waals surface area contributed by atoms with Crippen LogP contribution in [0.2, 0.25) is 0 Å². The van der Waals surface area contributed by atoms with E-state index < -0.39 is 0 Å². The van der Waals surface area contributed by atoms with Gasteiger partial charge in [0.25, 0.3) is 0 Å². The van der Waals surface area contributed by atoms with E-state index in [2.05, 4.69) is 27.7 Å². The molecule has 1 aliphatic carbocycles. The minimum atomic E-state index is -0.243. The highest BCUT2D eigenvalue weighted by Gasteiger charge is 2.35. The van der Waals surface area contributed by atoms with Crippen LogP contribution >= 0.6 is 0 Å². The van der Waals surface area contributed by atoms with Crippen molar-refractivity contribution in [2.75, 3.05) is 0 Å². The fourth-order valence-electron chi connectivity index (χ4n) is 3.32. The predicted molar refractivity (Wildman–Crippen MR) is 80.2 cm³/mol. The molecular weight excluding hydrogens is 236 g/mol. The number of allylic oxidation sites excluding steroid dienone is 2. The van der Waals surface area contributed by atoms with Crippen LogP contribution in [0, 0.1) is 10.8 Å². The van der Waals surface area contributed by atoms with Gasteiger partial charge < -0.3 is 5.11 Å². The first kappa shape index (κ1) is 16.3. The summed E-state index contributed by atoms with van der Waals surface area (Å²) in [6, 6.07) is 0. The average molecular weight is 266 g/mol. The minimum absolute atomic E-state index is 0.129. The fraction of sp³-hybridized carbons (Fsp3) is 0.824. The zero-order valence-electron chi connectivity index (χ0n) is 13.1. The summed E-state index contributed by atoms with van der Waals surface area (Å²) in [5.41, 5.74) is -0.451. The Labute approximate surface area is 118 Å². The Hall–Kier alpha value is -0.790. The van der Waals surface area contributed by atoms with Crippen LogP contribution in [0.15, 0.2) is 11.8 Å². The topological polar surface area (TPSA) is 37.3 Å². The summed E-state index contributed by atoms with van der Waals surface area (Å²) >= 11 is 0. The van der Waals surface area contributed by atoms with Gasteiger partial charge in [0.1, 0.15) is 5.76 Å². The zero-order valence-corrected chi connectivity index (χ0v) is 13.1. The van der Waals surface area contributed by atoms with Crippen molar-refractivity contribution in [3.8, 4) is 0 Å². The van der Waals surface area contributed by atoms with Crippen LogP contribution in [0.3, 0.4) is 0 Å². The monoisotopic (exact) mass is 266 g/mol. The van der Waals surface area contributed by atoms with Gasteiger partial charge in [-0.3, -0.25) is 4.79 Å². The summed E-state index contributed by atoms with van der Waals surface area (Å²) in [4.78, 5) is 12.5. The maximum atomic E-state index is 12.5. The fourth-order valence-corrected chi connectivity index (χ4v) is 3.32. The predicted octanol–water partition coefficient (Wildman–Crippen LogP) is 5.18. The summed E-state index contributed by atoms with van der Waals surface area (Å²) in [5.74, 6) is 0.432. The van der Waals surface area contributed by atoms with E-state index in [9.17, 15) is 9.90 Å². The number of carbonyl (C=O) groups excluding carboxylic acids is 1. The van der Waals surface area contributed by atoms with Gasteiger partial charge in [-0.15, -0.1) is 0 Å².